The Morgan fingerprint density at radius 1 is 1.41 bits per heavy atom. The van der Waals surface area contributed by atoms with E-state index in [2.05, 4.69) is 30.0 Å². The van der Waals surface area contributed by atoms with Crippen molar-refractivity contribution in [3.05, 3.63) is 29.8 Å². The van der Waals surface area contributed by atoms with Gasteiger partial charge in [-0.15, -0.1) is 0 Å². The third-order valence-electron chi connectivity index (χ3n) is 3.59. The number of furan rings is 1. The Hall–Kier alpha value is -1.48. The summed E-state index contributed by atoms with van der Waals surface area (Å²) >= 11 is 0. The van der Waals surface area contributed by atoms with Crippen LogP contribution >= 0.6 is 0 Å². The monoisotopic (exact) mass is 230 g/mol. The molecule has 1 aliphatic rings. The van der Waals surface area contributed by atoms with Crippen LogP contribution in [0.1, 0.15) is 12.0 Å². The Kier molecular flexibility index (Phi) is 2.56. The average molecular weight is 230 g/mol. The van der Waals surface area contributed by atoms with E-state index >= 15 is 0 Å². The molecule has 0 bridgehead atoms. The summed E-state index contributed by atoms with van der Waals surface area (Å²) in [6.07, 6.45) is 1.17. The van der Waals surface area contributed by atoms with Gasteiger partial charge in [-0.05, 0) is 37.9 Å². The van der Waals surface area contributed by atoms with E-state index in [9.17, 15) is 0 Å². The highest BCUT2D eigenvalue weighted by molar-refractivity contribution is 5.81. The van der Waals surface area contributed by atoms with E-state index in [1.54, 1.807) is 0 Å². The molecule has 0 amide bonds. The molecule has 1 aliphatic heterocycles. The van der Waals surface area contributed by atoms with Crippen molar-refractivity contribution in [3.63, 3.8) is 0 Å². The van der Waals surface area contributed by atoms with E-state index in [1.807, 2.05) is 6.07 Å². The number of fused-ring (bicyclic) bond motifs is 1. The molecule has 0 spiro atoms. The summed E-state index contributed by atoms with van der Waals surface area (Å²) in [5.41, 5.74) is 7.96. The van der Waals surface area contributed by atoms with Gasteiger partial charge in [-0.3, -0.25) is 0 Å². The largest absolute Gasteiger partial charge is 0.441 e. The highest BCUT2D eigenvalue weighted by atomic mass is 16.4. The van der Waals surface area contributed by atoms with Gasteiger partial charge in [0.25, 0.3) is 0 Å². The van der Waals surface area contributed by atoms with Crippen molar-refractivity contribution < 1.29 is 4.42 Å². The van der Waals surface area contributed by atoms with Gasteiger partial charge in [-0.2, -0.15) is 0 Å². The van der Waals surface area contributed by atoms with Crippen molar-refractivity contribution in [2.45, 2.75) is 13.3 Å². The topological polar surface area (TPSA) is 42.4 Å². The lowest BCUT2D eigenvalue weighted by atomic mass is 10.1. The fraction of sp³-hybridized carbons (Fsp3) is 0.429. The Labute approximate surface area is 101 Å². The van der Waals surface area contributed by atoms with Gasteiger partial charge >= 0.3 is 0 Å². The SMILES string of the molecule is Cc1ccc2oc(N3CCC(CN)C3)cc2c1. The first-order chi connectivity index (χ1) is 8.26. The zero-order valence-corrected chi connectivity index (χ0v) is 10.1. The molecule has 1 atom stereocenters. The van der Waals surface area contributed by atoms with Crippen molar-refractivity contribution in [3.8, 4) is 0 Å². The predicted octanol–water partition coefficient (Wildman–Crippen LogP) is 2.53. The van der Waals surface area contributed by atoms with Gasteiger partial charge in [0.1, 0.15) is 5.58 Å². The van der Waals surface area contributed by atoms with E-state index in [-0.39, 0.29) is 0 Å². The lowest BCUT2D eigenvalue weighted by Crippen LogP contribution is -2.22. The minimum absolute atomic E-state index is 0.616. The molecule has 2 N–H and O–H groups in total. The van der Waals surface area contributed by atoms with Crippen LogP contribution in [0.4, 0.5) is 5.88 Å². The average Bonchev–Trinajstić information content (AvgIpc) is 2.93. The molecule has 1 aromatic carbocycles. The highest BCUT2D eigenvalue weighted by Gasteiger charge is 2.23. The van der Waals surface area contributed by atoms with Crippen molar-refractivity contribution in [1.29, 1.82) is 0 Å². The molecule has 1 aromatic heterocycles. The quantitative estimate of drug-likeness (QED) is 0.862. The smallest absolute Gasteiger partial charge is 0.196 e. The zero-order chi connectivity index (χ0) is 11.8. The third-order valence-corrected chi connectivity index (χ3v) is 3.59. The minimum atomic E-state index is 0.616. The Morgan fingerprint density at radius 2 is 2.29 bits per heavy atom. The summed E-state index contributed by atoms with van der Waals surface area (Å²) in [5, 5.41) is 1.19. The molecule has 90 valence electrons. The normalized spacial score (nSPS) is 20.4. The van der Waals surface area contributed by atoms with E-state index in [0.29, 0.717) is 5.92 Å². The number of anilines is 1. The van der Waals surface area contributed by atoms with E-state index < -0.39 is 0 Å². The molecule has 3 heteroatoms. The van der Waals surface area contributed by atoms with E-state index in [1.165, 1.54) is 17.4 Å². The maximum atomic E-state index is 5.88. The number of hydrogen-bond acceptors (Lipinski definition) is 3. The van der Waals surface area contributed by atoms with Gasteiger partial charge in [-0.25, -0.2) is 0 Å². The van der Waals surface area contributed by atoms with Crippen molar-refractivity contribution in [2.24, 2.45) is 11.7 Å². The molecule has 0 radical (unpaired) electrons. The minimum Gasteiger partial charge on any atom is -0.441 e. The molecule has 3 rings (SSSR count). The summed E-state index contributed by atoms with van der Waals surface area (Å²) < 4.78 is 5.88. The fourth-order valence-corrected chi connectivity index (χ4v) is 2.53. The molecule has 1 unspecified atom stereocenters. The first-order valence-electron chi connectivity index (χ1n) is 6.21. The summed E-state index contributed by atoms with van der Waals surface area (Å²) in [7, 11) is 0. The first kappa shape index (κ1) is 10.7. The molecule has 1 fully saturated rings. The lowest BCUT2D eigenvalue weighted by Gasteiger charge is -2.13. The third kappa shape index (κ3) is 1.91. The van der Waals surface area contributed by atoms with Gasteiger partial charge in [0.15, 0.2) is 5.88 Å². The molecule has 0 saturated carbocycles. The van der Waals surface area contributed by atoms with Crippen LogP contribution in [0.15, 0.2) is 28.7 Å². The Balaban J connectivity index is 1.91. The van der Waals surface area contributed by atoms with Crippen molar-refractivity contribution in [1.82, 2.24) is 0 Å². The van der Waals surface area contributed by atoms with Gasteiger partial charge in [0.05, 0.1) is 0 Å². The van der Waals surface area contributed by atoms with Crippen LogP contribution in [0.5, 0.6) is 0 Å². The lowest BCUT2D eigenvalue weighted by molar-refractivity contribution is 0.578. The van der Waals surface area contributed by atoms with Crippen LogP contribution in [0.3, 0.4) is 0 Å². The summed E-state index contributed by atoms with van der Waals surface area (Å²) in [5.74, 6) is 1.60. The Morgan fingerprint density at radius 3 is 3.06 bits per heavy atom. The number of nitrogens with zero attached hydrogens (tertiary/aromatic N) is 1. The number of benzene rings is 1. The van der Waals surface area contributed by atoms with Crippen molar-refractivity contribution in [2.75, 3.05) is 24.5 Å². The summed E-state index contributed by atoms with van der Waals surface area (Å²) in [4.78, 5) is 2.30. The maximum absolute atomic E-state index is 5.88. The number of nitrogens with two attached hydrogens (primary N) is 1. The standard InChI is InChI=1S/C14H18N2O/c1-10-2-3-13-12(6-10)7-14(17-13)16-5-4-11(8-15)9-16/h2-3,6-7,11H,4-5,8-9,15H2,1H3. The van der Waals surface area contributed by atoms with Gasteiger partial charge in [0.2, 0.25) is 0 Å². The second-order valence-electron chi connectivity index (χ2n) is 4.96. The van der Waals surface area contributed by atoms with Crippen LogP contribution in [0.25, 0.3) is 11.0 Å². The molecule has 17 heavy (non-hydrogen) atoms. The highest BCUT2D eigenvalue weighted by Crippen LogP contribution is 2.30. The van der Waals surface area contributed by atoms with E-state index in [0.717, 1.165) is 31.1 Å². The summed E-state index contributed by atoms with van der Waals surface area (Å²) in [6.45, 7) is 4.96. The second-order valence-corrected chi connectivity index (χ2v) is 4.96. The van der Waals surface area contributed by atoms with Crippen molar-refractivity contribution >= 4 is 16.9 Å². The molecular formula is C14H18N2O. The maximum Gasteiger partial charge on any atom is 0.196 e. The number of hydrogen-bond donors (Lipinski definition) is 1. The van der Waals surface area contributed by atoms with Crippen LogP contribution in [0, 0.1) is 12.8 Å². The molecule has 3 nitrogen and oxygen atoms in total. The first-order valence-corrected chi connectivity index (χ1v) is 6.21. The second kappa shape index (κ2) is 4.08. The Bertz CT molecular complexity index is 532. The van der Waals surface area contributed by atoms with Crippen LogP contribution in [-0.2, 0) is 0 Å². The molecule has 0 aliphatic carbocycles. The number of rotatable bonds is 2. The molecule has 2 aromatic rings. The van der Waals surface area contributed by atoms with Gasteiger partial charge in [0, 0.05) is 24.5 Å². The summed E-state index contributed by atoms with van der Waals surface area (Å²) in [6, 6.07) is 8.44. The van der Waals surface area contributed by atoms with Crippen LogP contribution in [0.2, 0.25) is 0 Å². The fourth-order valence-electron chi connectivity index (χ4n) is 2.53. The van der Waals surface area contributed by atoms with Gasteiger partial charge < -0.3 is 15.1 Å². The zero-order valence-electron chi connectivity index (χ0n) is 10.1. The molecule has 2 heterocycles. The predicted molar refractivity (Wildman–Crippen MR) is 70.3 cm³/mol. The molecule has 1 saturated heterocycles. The van der Waals surface area contributed by atoms with E-state index in [4.69, 9.17) is 10.2 Å². The molecular weight excluding hydrogens is 212 g/mol. The van der Waals surface area contributed by atoms with Gasteiger partial charge in [-0.1, -0.05) is 11.6 Å². The van der Waals surface area contributed by atoms with Crippen LogP contribution < -0.4 is 10.6 Å². The number of aryl methyl sites for hydroxylation is 1. The van der Waals surface area contributed by atoms with Crippen LogP contribution in [-0.4, -0.2) is 19.6 Å².